The van der Waals surface area contributed by atoms with Crippen LogP contribution in [0.5, 0.6) is 11.5 Å². The largest absolute Gasteiger partial charge is 0.493 e. The Balaban J connectivity index is 1.90. The fourth-order valence-electron chi connectivity index (χ4n) is 3.82. The molecule has 0 aromatic heterocycles. The van der Waals surface area contributed by atoms with Crippen LogP contribution >= 0.6 is 15.9 Å². The maximum Gasteiger partial charge on any atom is 0.264 e. The van der Waals surface area contributed by atoms with E-state index in [2.05, 4.69) is 26.5 Å². The number of anilines is 2. The molecule has 0 unspecified atom stereocenters. The molecular weight excluding hydrogens is 572 g/mol. The molecule has 0 radical (unpaired) electrons. The second-order valence-corrected chi connectivity index (χ2v) is 11.5. The number of methoxy groups -OCH3 is 2. The Morgan fingerprint density at radius 1 is 0.974 bits per heavy atom. The van der Waals surface area contributed by atoms with E-state index >= 15 is 0 Å². The second-order valence-electron chi connectivity index (χ2n) is 8.77. The van der Waals surface area contributed by atoms with Gasteiger partial charge < -0.3 is 14.4 Å². The SMILES string of the molecule is COc1ccc(S(=O)(=O)N(CC(=O)N/N=C\c2ccc(N(C)C)c(Br)c2)c2cc(C)cc(C)c2)cc1OC. The minimum Gasteiger partial charge on any atom is -0.493 e. The lowest BCUT2D eigenvalue weighted by molar-refractivity contribution is -0.119. The zero-order valence-corrected chi connectivity index (χ0v) is 24.6. The summed E-state index contributed by atoms with van der Waals surface area (Å²) in [5.74, 6) is 0.0459. The first-order valence-electron chi connectivity index (χ1n) is 11.6. The third-order valence-electron chi connectivity index (χ3n) is 5.58. The molecular formula is C27H31BrN4O5S. The lowest BCUT2D eigenvalue weighted by Gasteiger charge is -2.25. The average molecular weight is 604 g/mol. The monoisotopic (exact) mass is 602 g/mol. The third kappa shape index (κ3) is 6.84. The summed E-state index contributed by atoms with van der Waals surface area (Å²) in [6.07, 6.45) is 1.49. The summed E-state index contributed by atoms with van der Waals surface area (Å²) in [7, 11) is 2.60. The summed E-state index contributed by atoms with van der Waals surface area (Å²) < 4.78 is 40.0. The molecule has 38 heavy (non-hydrogen) atoms. The minimum absolute atomic E-state index is 0.0450. The van der Waals surface area contributed by atoms with Gasteiger partial charge in [0.2, 0.25) is 0 Å². The van der Waals surface area contributed by atoms with Crippen LogP contribution in [0.25, 0.3) is 0 Å². The quantitative estimate of drug-likeness (QED) is 0.271. The van der Waals surface area contributed by atoms with Gasteiger partial charge in [-0.3, -0.25) is 9.10 Å². The number of sulfonamides is 1. The number of carbonyl (C=O) groups excluding carboxylic acids is 1. The molecule has 0 saturated carbocycles. The molecule has 11 heteroatoms. The van der Waals surface area contributed by atoms with Crippen molar-refractivity contribution in [3.8, 4) is 11.5 Å². The van der Waals surface area contributed by atoms with Crippen molar-refractivity contribution in [2.75, 3.05) is 44.1 Å². The van der Waals surface area contributed by atoms with Crippen molar-refractivity contribution in [2.45, 2.75) is 18.7 Å². The van der Waals surface area contributed by atoms with Crippen molar-refractivity contribution in [1.29, 1.82) is 0 Å². The highest BCUT2D eigenvalue weighted by Crippen LogP contribution is 2.32. The van der Waals surface area contributed by atoms with Gasteiger partial charge >= 0.3 is 0 Å². The van der Waals surface area contributed by atoms with Crippen molar-refractivity contribution in [3.05, 3.63) is 75.8 Å². The van der Waals surface area contributed by atoms with Gasteiger partial charge in [-0.25, -0.2) is 13.8 Å². The van der Waals surface area contributed by atoms with Gasteiger partial charge in [0.15, 0.2) is 11.5 Å². The molecule has 0 heterocycles. The molecule has 0 atom stereocenters. The standard InChI is InChI=1S/C27H31BrN4O5S/c1-18-11-19(2)13-21(12-18)32(38(34,35)22-8-10-25(36-5)26(15-22)37-6)17-27(33)30-29-16-20-7-9-24(31(3)4)23(28)14-20/h7-16H,17H2,1-6H3,(H,30,33)/b29-16-. The number of ether oxygens (including phenoxy) is 2. The highest BCUT2D eigenvalue weighted by atomic mass is 79.9. The Morgan fingerprint density at radius 2 is 1.63 bits per heavy atom. The van der Waals surface area contributed by atoms with Gasteiger partial charge in [-0.1, -0.05) is 12.1 Å². The molecule has 0 saturated heterocycles. The van der Waals surface area contributed by atoms with E-state index in [1.165, 1.54) is 38.6 Å². The van der Waals surface area contributed by atoms with E-state index in [1.54, 1.807) is 12.1 Å². The molecule has 3 rings (SSSR count). The highest BCUT2D eigenvalue weighted by Gasteiger charge is 2.28. The predicted molar refractivity (Wildman–Crippen MR) is 154 cm³/mol. The first-order valence-corrected chi connectivity index (χ1v) is 13.8. The van der Waals surface area contributed by atoms with E-state index in [-0.39, 0.29) is 10.6 Å². The van der Waals surface area contributed by atoms with Crippen LogP contribution in [0.2, 0.25) is 0 Å². The molecule has 3 aromatic rings. The maximum atomic E-state index is 13.8. The minimum atomic E-state index is -4.16. The molecule has 9 nitrogen and oxygen atoms in total. The zero-order chi connectivity index (χ0) is 28.0. The Labute approximate surface area is 232 Å². The number of hydrogen-bond acceptors (Lipinski definition) is 7. The highest BCUT2D eigenvalue weighted by molar-refractivity contribution is 9.10. The van der Waals surface area contributed by atoms with Crippen LogP contribution in [0.4, 0.5) is 11.4 Å². The summed E-state index contributed by atoms with van der Waals surface area (Å²) in [6.45, 7) is 3.24. The van der Waals surface area contributed by atoms with Crippen LogP contribution in [0, 0.1) is 13.8 Å². The molecule has 0 spiro atoms. The number of benzene rings is 3. The number of nitrogens with one attached hydrogen (secondary N) is 1. The van der Waals surface area contributed by atoms with Crippen molar-refractivity contribution in [3.63, 3.8) is 0 Å². The van der Waals surface area contributed by atoms with E-state index in [0.717, 1.165) is 31.2 Å². The van der Waals surface area contributed by atoms with E-state index < -0.39 is 22.5 Å². The molecule has 1 amide bonds. The van der Waals surface area contributed by atoms with E-state index in [0.29, 0.717) is 11.4 Å². The summed E-state index contributed by atoms with van der Waals surface area (Å²) >= 11 is 3.52. The van der Waals surface area contributed by atoms with Crippen molar-refractivity contribution in [2.24, 2.45) is 5.10 Å². The molecule has 0 bridgehead atoms. The number of halogens is 1. The Hall–Kier alpha value is -3.57. The summed E-state index contributed by atoms with van der Waals surface area (Å²) in [5.41, 5.74) is 6.27. The number of nitrogens with zero attached hydrogens (tertiary/aromatic N) is 3. The van der Waals surface area contributed by atoms with Gasteiger partial charge in [0.05, 0.1) is 36.7 Å². The van der Waals surface area contributed by atoms with Gasteiger partial charge in [-0.05, 0) is 82.9 Å². The zero-order valence-electron chi connectivity index (χ0n) is 22.1. The van der Waals surface area contributed by atoms with Crippen LogP contribution in [-0.4, -0.2) is 55.4 Å². The van der Waals surface area contributed by atoms with Crippen LogP contribution in [0.3, 0.4) is 0 Å². The topological polar surface area (TPSA) is 101 Å². The normalized spacial score (nSPS) is 11.3. The summed E-state index contributed by atoms with van der Waals surface area (Å²) in [5, 5.41) is 4.03. The maximum absolute atomic E-state index is 13.8. The molecule has 0 fully saturated rings. The fraction of sp³-hybridized carbons (Fsp3) is 0.259. The molecule has 3 aromatic carbocycles. The van der Waals surface area contributed by atoms with Gasteiger partial charge in [-0.15, -0.1) is 0 Å². The van der Waals surface area contributed by atoms with Crippen LogP contribution in [0.15, 0.2) is 69.1 Å². The van der Waals surface area contributed by atoms with Crippen LogP contribution in [0.1, 0.15) is 16.7 Å². The molecule has 0 aliphatic carbocycles. The molecule has 0 aliphatic heterocycles. The smallest absolute Gasteiger partial charge is 0.264 e. The van der Waals surface area contributed by atoms with Gasteiger partial charge in [-0.2, -0.15) is 5.10 Å². The van der Waals surface area contributed by atoms with Gasteiger partial charge in [0.1, 0.15) is 6.54 Å². The van der Waals surface area contributed by atoms with Crippen LogP contribution < -0.4 is 24.1 Å². The Bertz CT molecular complexity index is 1440. The first kappa shape index (κ1) is 29.0. The number of aryl methyl sites for hydroxylation is 2. The molecule has 0 aliphatic rings. The van der Waals surface area contributed by atoms with Gasteiger partial charge in [0, 0.05) is 24.6 Å². The number of amides is 1. The van der Waals surface area contributed by atoms with Crippen molar-refractivity contribution in [1.82, 2.24) is 5.43 Å². The van der Waals surface area contributed by atoms with E-state index in [9.17, 15) is 13.2 Å². The summed E-state index contributed by atoms with van der Waals surface area (Å²) in [4.78, 5) is 14.8. The first-order chi connectivity index (χ1) is 18.0. The fourth-order valence-corrected chi connectivity index (χ4v) is 6.00. The third-order valence-corrected chi connectivity index (χ3v) is 7.99. The molecule has 202 valence electrons. The summed E-state index contributed by atoms with van der Waals surface area (Å²) in [6, 6.07) is 15.3. The lowest BCUT2D eigenvalue weighted by atomic mass is 10.1. The van der Waals surface area contributed by atoms with Crippen molar-refractivity contribution < 1.29 is 22.7 Å². The lowest BCUT2D eigenvalue weighted by Crippen LogP contribution is -2.39. The number of carbonyl (C=O) groups is 1. The average Bonchev–Trinajstić information content (AvgIpc) is 2.85. The number of rotatable bonds is 10. The Morgan fingerprint density at radius 3 is 2.21 bits per heavy atom. The van der Waals surface area contributed by atoms with Crippen LogP contribution in [-0.2, 0) is 14.8 Å². The van der Waals surface area contributed by atoms with Gasteiger partial charge in [0.25, 0.3) is 15.9 Å². The van der Waals surface area contributed by atoms with E-state index in [4.69, 9.17) is 9.47 Å². The second kappa shape index (κ2) is 12.3. The number of hydrazone groups is 1. The Kier molecular flexibility index (Phi) is 9.40. The molecule has 1 N–H and O–H groups in total. The number of hydrogen-bond donors (Lipinski definition) is 1. The predicted octanol–water partition coefficient (Wildman–Crippen LogP) is 4.49. The van der Waals surface area contributed by atoms with Crippen molar-refractivity contribution >= 4 is 49.4 Å². The van der Waals surface area contributed by atoms with E-state index in [1.807, 2.05) is 57.1 Å².